The van der Waals surface area contributed by atoms with Crippen molar-refractivity contribution >= 4 is 17.5 Å². The van der Waals surface area contributed by atoms with Crippen LogP contribution in [0.1, 0.15) is 30.4 Å². The first-order valence-electron chi connectivity index (χ1n) is 8.52. The molecule has 0 fully saturated rings. The van der Waals surface area contributed by atoms with E-state index in [9.17, 15) is 4.79 Å². The highest BCUT2D eigenvalue weighted by atomic mass is 16.4. The molecule has 2 rings (SSSR count). The van der Waals surface area contributed by atoms with Gasteiger partial charge in [-0.15, -0.1) is 0 Å². The van der Waals surface area contributed by atoms with E-state index in [4.69, 9.17) is 10.8 Å². The van der Waals surface area contributed by atoms with Crippen LogP contribution >= 0.6 is 0 Å². The highest BCUT2D eigenvalue weighted by Gasteiger charge is 2.06. The van der Waals surface area contributed by atoms with Crippen molar-refractivity contribution in [2.75, 3.05) is 30.7 Å². The van der Waals surface area contributed by atoms with E-state index in [0.717, 1.165) is 37.3 Å². The maximum Gasteiger partial charge on any atom is 0.307 e. The molecule has 1 unspecified atom stereocenters. The molecule has 0 aliphatic heterocycles. The number of nitrogens with zero attached hydrogens (tertiary/aromatic N) is 1. The number of nitrogens with one attached hydrogen (secondary N) is 2. The number of hydrogen-bond acceptors (Lipinski definition) is 5. The smallest absolute Gasteiger partial charge is 0.307 e. The molecule has 2 aromatic rings. The molecule has 5 N–H and O–H groups in total. The third-order valence-electron chi connectivity index (χ3n) is 4.04. The monoisotopic (exact) mass is 342 g/mol. The molecule has 0 amide bonds. The lowest BCUT2D eigenvalue weighted by molar-refractivity contribution is -0.136. The van der Waals surface area contributed by atoms with Crippen molar-refractivity contribution in [1.82, 2.24) is 10.3 Å². The molecule has 1 aromatic heterocycles. The molecular formula is C19H26N4O2. The fourth-order valence-corrected chi connectivity index (χ4v) is 2.58. The van der Waals surface area contributed by atoms with E-state index in [0.29, 0.717) is 11.7 Å². The van der Waals surface area contributed by atoms with Gasteiger partial charge in [0.2, 0.25) is 0 Å². The molecule has 25 heavy (non-hydrogen) atoms. The first kappa shape index (κ1) is 18.7. The average Bonchev–Trinajstić information content (AvgIpc) is 2.59. The number of carboxylic acids is 1. The van der Waals surface area contributed by atoms with Crippen molar-refractivity contribution in [3.63, 3.8) is 0 Å². The lowest BCUT2D eigenvalue weighted by atomic mass is 9.99. The number of nitrogens with two attached hydrogens (primary N) is 1. The van der Waals surface area contributed by atoms with Crippen molar-refractivity contribution in [2.24, 2.45) is 0 Å². The largest absolute Gasteiger partial charge is 0.481 e. The van der Waals surface area contributed by atoms with E-state index in [1.807, 2.05) is 36.4 Å². The molecule has 134 valence electrons. The lowest BCUT2D eigenvalue weighted by Gasteiger charge is -2.14. The van der Waals surface area contributed by atoms with E-state index in [1.54, 1.807) is 6.20 Å². The molecule has 1 atom stereocenters. The van der Waals surface area contributed by atoms with Gasteiger partial charge in [0.1, 0.15) is 5.82 Å². The number of aromatic nitrogens is 1. The number of hydrogen-bond donors (Lipinski definition) is 4. The quantitative estimate of drug-likeness (QED) is 0.495. The third-order valence-corrected chi connectivity index (χ3v) is 4.04. The van der Waals surface area contributed by atoms with Crippen molar-refractivity contribution in [3.8, 4) is 0 Å². The molecule has 6 heteroatoms. The minimum Gasteiger partial charge on any atom is -0.481 e. The Kier molecular flexibility index (Phi) is 7.22. The highest BCUT2D eigenvalue weighted by Crippen LogP contribution is 2.16. The second-order valence-corrected chi connectivity index (χ2v) is 6.13. The van der Waals surface area contributed by atoms with Crippen LogP contribution in [-0.2, 0) is 11.2 Å². The second kappa shape index (κ2) is 9.64. The Hall–Kier alpha value is -2.60. The summed E-state index contributed by atoms with van der Waals surface area (Å²) in [5, 5.41) is 15.5. The van der Waals surface area contributed by atoms with Gasteiger partial charge in [0.05, 0.1) is 12.1 Å². The number of pyridine rings is 1. The molecule has 0 bridgehead atoms. The van der Waals surface area contributed by atoms with Gasteiger partial charge in [-0.1, -0.05) is 31.2 Å². The van der Waals surface area contributed by atoms with Gasteiger partial charge in [-0.3, -0.25) is 4.79 Å². The van der Waals surface area contributed by atoms with Crippen LogP contribution in [0.5, 0.6) is 0 Å². The van der Waals surface area contributed by atoms with Crippen molar-refractivity contribution in [2.45, 2.75) is 25.7 Å². The van der Waals surface area contributed by atoms with Gasteiger partial charge in [-0.05, 0) is 42.1 Å². The first-order chi connectivity index (χ1) is 12.1. The number of carbonyl (C=O) groups is 1. The van der Waals surface area contributed by atoms with Crippen LogP contribution in [-0.4, -0.2) is 35.7 Å². The summed E-state index contributed by atoms with van der Waals surface area (Å²) in [6, 6.07) is 11.6. The summed E-state index contributed by atoms with van der Waals surface area (Å²) < 4.78 is 0. The second-order valence-electron chi connectivity index (χ2n) is 6.13. The van der Waals surface area contributed by atoms with Crippen LogP contribution in [0.4, 0.5) is 11.5 Å². The lowest BCUT2D eigenvalue weighted by Crippen LogP contribution is -2.23. The Bertz CT molecular complexity index is 673. The van der Waals surface area contributed by atoms with Gasteiger partial charge in [0.25, 0.3) is 0 Å². The summed E-state index contributed by atoms with van der Waals surface area (Å²) in [7, 11) is 0. The molecule has 0 spiro atoms. The van der Waals surface area contributed by atoms with Crippen LogP contribution in [0.25, 0.3) is 0 Å². The van der Waals surface area contributed by atoms with Gasteiger partial charge in [0.15, 0.2) is 0 Å². The minimum absolute atomic E-state index is 0.0708. The van der Waals surface area contributed by atoms with Gasteiger partial charge >= 0.3 is 5.97 Å². The van der Waals surface area contributed by atoms with E-state index in [1.165, 1.54) is 5.56 Å². The Labute approximate surface area is 148 Å². The zero-order valence-corrected chi connectivity index (χ0v) is 14.5. The summed E-state index contributed by atoms with van der Waals surface area (Å²) in [6.07, 6.45) is 2.73. The third kappa shape index (κ3) is 6.43. The van der Waals surface area contributed by atoms with Crippen LogP contribution in [0.2, 0.25) is 0 Å². The predicted octanol–water partition coefficient (Wildman–Crippen LogP) is 2.49. The van der Waals surface area contributed by atoms with Crippen LogP contribution in [0.3, 0.4) is 0 Å². The standard InChI is InChI=1S/C19H26N4O2/c1-14(16-7-5-15(6-8-16)12-18(24)25)13-21-9-3-11-22-17-4-2-10-23-19(17)20/h2,4-8,10,14,21-22H,3,9,11-13H2,1H3,(H2,20,23)(H,24,25). The van der Waals surface area contributed by atoms with E-state index in [-0.39, 0.29) is 6.42 Å². The summed E-state index contributed by atoms with van der Waals surface area (Å²) in [4.78, 5) is 14.7. The maximum absolute atomic E-state index is 10.7. The SMILES string of the molecule is CC(CNCCCNc1cccnc1N)c1ccc(CC(=O)O)cc1. The Balaban J connectivity index is 1.64. The van der Waals surface area contributed by atoms with E-state index < -0.39 is 5.97 Å². The predicted molar refractivity (Wildman–Crippen MR) is 101 cm³/mol. The summed E-state index contributed by atoms with van der Waals surface area (Å²) in [5.74, 6) is 0.0975. The zero-order chi connectivity index (χ0) is 18.1. The fraction of sp³-hybridized carbons (Fsp3) is 0.368. The number of benzene rings is 1. The number of nitrogen functional groups attached to an aromatic ring is 1. The van der Waals surface area contributed by atoms with Gasteiger partial charge in [0, 0.05) is 19.3 Å². The molecule has 6 nitrogen and oxygen atoms in total. The molecule has 0 saturated carbocycles. The zero-order valence-electron chi connectivity index (χ0n) is 14.5. The van der Waals surface area contributed by atoms with E-state index >= 15 is 0 Å². The van der Waals surface area contributed by atoms with Crippen LogP contribution in [0.15, 0.2) is 42.6 Å². The molecule has 1 heterocycles. The molecule has 0 aliphatic carbocycles. The number of anilines is 2. The van der Waals surface area contributed by atoms with Gasteiger partial charge in [-0.2, -0.15) is 0 Å². The molecular weight excluding hydrogens is 316 g/mol. The summed E-state index contributed by atoms with van der Waals surface area (Å²) >= 11 is 0. The van der Waals surface area contributed by atoms with Crippen molar-refractivity contribution in [3.05, 3.63) is 53.7 Å². The van der Waals surface area contributed by atoms with Gasteiger partial charge in [-0.25, -0.2) is 4.98 Å². The minimum atomic E-state index is -0.802. The molecule has 0 aliphatic rings. The van der Waals surface area contributed by atoms with E-state index in [2.05, 4.69) is 22.5 Å². The highest BCUT2D eigenvalue weighted by molar-refractivity contribution is 5.70. The normalized spacial score (nSPS) is 11.9. The number of aliphatic carboxylic acids is 1. The van der Waals surface area contributed by atoms with Crippen molar-refractivity contribution < 1.29 is 9.90 Å². The van der Waals surface area contributed by atoms with Gasteiger partial charge < -0.3 is 21.5 Å². The maximum atomic E-state index is 10.7. The summed E-state index contributed by atoms with van der Waals surface area (Å²) in [5.41, 5.74) is 8.70. The van der Waals surface area contributed by atoms with Crippen LogP contribution in [0, 0.1) is 0 Å². The Morgan fingerprint density at radius 1 is 1.24 bits per heavy atom. The topological polar surface area (TPSA) is 100 Å². The fourth-order valence-electron chi connectivity index (χ4n) is 2.58. The molecule has 0 saturated heterocycles. The van der Waals surface area contributed by atoms with Crippen molar-refractivity contribution in [1.29, 1.82) is 0 Å². The average molecular weight is 342 g/mol. The Morgan fingerprint density at radius 3 is 2.68 bits per heavy atom. The first-order valence-corrected chi connectivity index (χ1v) is 8.52. The van der Waals surface area contributed by atoms with Crippen LogP contribution < -0.4 is 16.4 Å². The summed E-state index contributed by atoms with van der Waals surface area (Å²) in [6.45, 7) is 4.79. The number of rotatable bonds is 10. The number of carboxylic acid groups (broad SMARTS) is 1. The molecule has 1 aromatic carbocycles. The molecule has 0 radical (unpaired) electrons. The Morgan fingerprint density at radius 2 is 2.00 bits per heavy atom.